The van der Waals surface area contributed by atoms with Crippen molar-refractivity contribution < 1.29 is 9.66 Å². The number of non-ortho nitro benzene ring substituents is 1. The van der Waals surface area contributed by atoms with Crippen molar-refractivity contribution in [3.8, 4) is 0 Å². The van der Waals surface area contributed by atoms with E-state index in [9.17, 15) is 10.1 Å². The van der Waals surface area contributed by atoms with Gasteiger partial charge in [-0.05, 0) is 12.5 Å². The molecule has 8 nitrogen and oxygen atoms in total. The Hall–Kier alpha value is -2.45. The lowest BCUT2D eigenvalue weighted by Crippen LogP contribution is -2.44. The zero-order valence-corrected chi connectivity index (χ0v) is 15.2. The zero-order chi connectivity index (χ0) is 18.8. The summed E-state index contributed by atoms with van der Waals surface area (Å²) >= 11 is 0. The Bertz CT molecular complexity index is 624. The van der Waals surface area contributed by atoms with E-state index < -0.39 is 4.92 Å². The lowest BCUT2D eigenvalue weighted by atomic mass is 10.2. The van der Waals surface area contributed by atoms with Crippen molar-refractivity contribution in [1.29, 1.82) is 0 Å². The van der Waals surface area contributed by atoms with Gasteiger partial charge in [-0.2, -0.15) is 0 Å². The van der Waals surface area contributed by atoms with Crippen molar-refractivity contribution in [1.82, 2.24) is 15.5 Å². The molecule has 0 saturated carbocycles. The molecule has 0 radical (unpaired) electrons. The molecule has 0 spiro atoms. The highest BCUT2D eigenvalue weighted by molar-refractivity contribution is 5.80. The summed E-state index contributed by atoms with van der Waals surface area (Å²) in [6, 6.07) is 6.45. The molecule has 1 saturated heterocycles. The first-order chi connectivity index (χ1) is 12.5. The molecule has 8 heteroatoms. The topological polar surface area (TPSA) is 92.0 Å². The van der Waals surface area contributed by atoms with Crippen LogP contribution in [0.15, 0.2) is 41.4 Å². The summed E-state index contributed by atoms with van der Waals surface area (Å²) in [5, 5.41) is 17.3. The van der Waals surface area contributed by atoms with Crippen LogP contribution in [-0.4, -0.2) is 61.7 Å². The number of guanidine groups is 1. The van der Waals surface area contributed by atoms with Gasteiger partial charge in [0.1, 0.15) is 0 Å². The molecule has 0 atom stereocenters. The van der Waals surface area contributed by atoms with Crippen molar-refractivity contribution in [2.75, 3.05) is 45.9 Å². The molecule has 1 fully saturated rings. The van der Waals surface area contributed by atoms with Gasteiger partial charge in [0, 0.05) is 44.9 Å². The van der Waals surface area contributed by atoms with Crippen molar-refractivity contribution in [2.24, 2.45) is 4.99 Å². The molecule has 2 N–H and O–H groups in total. The molecule has 1 heterocycles. The van der Waals surface area contributed by atoms with Gasteiger partial charge >= 0.3 is 0 Å². The highest BCUT2D eigenvalue weighted by Gasteiger charge is 2.10. The number of morpholine rings is 1. The Balaban J connectivity index is 1.88. The minimum Gasteiger partial charge on any atom is -0.379 e. The number of benzene rings is 1. The average molecular weight is 361 g/mol. The molecule has 0 aromatic heterocycles. The molecule has 1 aliphatic rings. The van der Waals surface area contributed by atoms with Gasteiger partial charge in [-0.15, -0.1) is 0 Å². The predicted molar refractivity (Wildman–Crippen MR) is 102 cm³/mol. The second-order valence-corrected chi connectivity index (χ2v) is 6.28. The van der Waals surface area contributed by atoms with E-state index >= 15 is 0 Å². The Labute approximate surface area is 154 Å². The molecule has 1 aliphatic heterocycles. The van der Waals surface area contributed by atoms with Gasteiger partial charge in [-0.25, -0.2) is 4.99 Å². The Morgan fingerprint density at radius 3 is 2.62 bits per heavy atom. The molecule has 0 unspecified atom stereocenters. The quantitative estimate of drug-likeness (QED) is 0.240. The first kappa shape index (κ1) is 19.9. The summed E-state index contributed by atoms with van der Waals surface area (Å²) in [4.78, 5) is 17.2. The largest absolute Gasteiger partial charge is 0.379 e. The van der Waals surface area contributed by atoms with Crippen LogP contribution in [0.2, 0.25) is 0 Å². The van der Waals surface area contributed by atoms with E-state index in [2.05, 4.69) is 27.1 Å². The Morgan fingerprint density at radius 1 is 1.31 bits per heavy atom. The maximum atomic E-state index is 10.7. The van der Waals surface area contributed by atoms with Gasteiger partial charge in [0.15, 0.2) is 5.96 Å². The summed E-state index contributed by atoms with van der Waals surface area (Å²) < 4.78 is 5.35. The molecular weight excluding hydrogens is 334 g/mol. The molecular formula is C18H27N5O3. The van der Waals surface area contributed by atoms with Crippen LogP contribution in [-0.2, 0) is 11.3 Å². The number of hydrogen-bond acceptors (Lipinski definition) is 5. The molecule has 0 amide bonds. The lowest BCUT2D eigenvalue weighted by Gasteiger charge is -2.26. The third kappa shape index (κ3) is 7.20. The first-order valence-electron chi connectivity index (χ1n) is 8.74. The Kier molecular flexibility index (Phi) is 8.04. The second kappa shape index (κ2) is 10.5. The van der Waals surface area contributed by atoms with E-state index in [1.165, 1.54) is 12.1 Å². The van der Waals surface area contributed by atoms with Crippen molar-refractivity contribution in [2.45, 2.75) is 13.5 Å². The van der Waals surface area contributed by atoms with Gasteiger partial charge in [-0.3, -0.25) is 15.0 Å². The molecule has 1 aromatic rings. The van der Waals surface area contributed by atoms with Gasteiger partial charge in [0.05, 0.1) is 24.7 Å². The monoisotopic (exact) mass is 361 g/mol. The maximum Gasteiger partial charge on any atom is 0.269 e. The minimum atomic E-state index is -0.403. The number of nitro benzene ring substituents is 1. The molecule has 26 heavy (non-hydrogen) atoms. The molecule has 1 aromatic carbocycles. The third-order valence-corrected chi connectivity index (χ3v) is 3.95. The zero-order valence-electron chi connectivity index (χ0n) is 15.2. The lowest BCUT2D eigenvalue weighted by molar-refractivity contribution is -0.384. The normalized spacial score (nSPS) is 15.5. The summed E-state index contributed by atoms with van der Waals surface area (Å²) in [6.07, 6.45) is 0. The molecule has 2 rings (SSSR count). The number of rotatable bonds is 8. The fourth-order valence-electron chi connectivity index (χ4n) is 2.46. The molecule has 142 valence electrons. The summed E-state index contributed by atoms with van der Waals surface area (Å²) in [6.45, 7) is 12.1. The first-order valence-corrected chi connectivity index (χ1v) is 8.74. The SMILES string of the molecule is C=C(C)CNC(=NCc1ccc([N+](=O)[O-])cc1)NCCN1CCOCC1. The van der Waals surface area contributed by atoms with E-state index in [0.717, 1.165) is 50.5 Å². The van der Waals surface area contributed by atoms with E-state index in [-0.39, 0.29) is 5.69 Å². The predicted octanol–water partition coefficient (Wildman–Crippen LogP) is 1.54. The number of nitrogens with one attached hydrogen (secondary N) is 2. The van der Waals surface area contributed by atoms with Crippen LogP contribution in [0.25, 0.3) is 0 Å². The maximum absolute atomic E-state index is 10.7. The smallest absolute Gasteiger partial charge is 0.269 e. The molecule has 0 aliphatic carbocycles. The van der Waals surface area contributed by atoms with Crippen LogP contribution in [0.5, 0.6) is 0 Å². The number of ether oxygens (including phenoxy) is 1. The van der Waals surface area contributed by atoms with Gasteiger partial charge in [-0.1, -0.05) is 24.3 Å². The average Bonchev–Trinajstić information content (AvgIpc) is 2.64. The van der Waals surface area contributed by atoms with Crippen LogP contribution in [0.4, 0.5) is 5.69 Å². The molecule has 0 bridgehead atoms. The van der Waals surface area contributed by atoms with Gasteiger partial charge < -0.3 is 15.4 Å². The van der Waals surface area contributed by atoms with Crippen LogP contribution in [0, 0.1) is 10.1 Å². The van der Waals surface area contributed by atoms with Crippen LogP contribution in [0.1, 0.15) is 12.5 Å². The summed E-state index contributed by atoms with van der Waals surface area (Å²) in [5.41, 5.74) is 2.02. The van der Waals surface area contributed by atoms with E-state index in [0.29, 0.717) is 19.0 Å². The van der Waals surface area contributed by atoms with E-state index in [1.54, 1.807) is 12.1 Å². The fraction of sp³-hybridized carbons (Fsp3) is 0.500. The number of aliphatic imine (C=N–C) groups is 1. The number of hydrogen-bond donors (Lipinski definition) is 2. The second-order valence-electron chi connectivity index (χ2n) is 6.28. The van der Waals surface area contributed by atoms with Crippen molar-refractivity contribution >= 4 is 11.6 Å². The Morgan fingerprint density at radius 2 is 2.00 bits per heavy atom. The number of nitro groups is 1. The summed E-state index contributed by atoms with van der Waals surface area (Å²) in [7, 11) is 0. The highest BCUT2D eigenvalue weighted by atomic mass is 16.6. The van der Waals surface area contributed by atoms with Crippen LogP contribution < -0.4 is 10.6 Å². The number of nitrogens with zero attached hydrogens (tertiary/aromatic N) is 3. The minimum absolute atomic E-state index is 0.0852. The van der Waals surface area contributed by atoms with Gasteiger partial charge in [0.2, 0.25) is 0 Å². The van der Waals surface area contributed by atoms with Crippen LogP contribution in [0.3, 0.4) is 0 Å². The van der Waals surface area contributed by atoms with E-state index in [4.69, 9.17) is 4.74 Å². The third-order valence-electron chi connectivity index (χ3n) is 3.95. The highest BCUT2D eigenvalue weighted by Crippen LogP contribution is 2.12. The summed E-state index contributed by atoms with van der Waals surface area (Å²) in [5.74, 6) is 0.708. The van der Waals surface area contributed by atoms with Gasteiger partial charge in [0.25, 0.3) is 5.69 Å². The van der Waals surface area contributed by atoms with Crippen molar-refractivity contribution in [3.63, 3.8) is 0 Å². The van der Waals surface area contributed by atoms with Crippen molar-refractivity contribution in [3.05, 3.63) is 52.1 Å². The van der Waals surface area contributed by atoms with Crippen LogP contribution >= 0.6 is 0 Å². The fourth-order valence-corrected chi connectivity index (χ4v) is 2.46. The standard InChI is InChI=1S/C18H27N5O3/c1-15(2)13-20-18(19-7-8-22-9-11-26-12-10-22)21-14-16-3-5-17(6-4-16)23(24)25/h3-6H,1,7-14H2,2H3,(H2,19,20,21). The van der Waals surface area contributed by atoms with E-state index in [1.807, 2.05) is 6.92 Å².